The molecule has 0 amide bonds. The van der Waals surface area contributed by atoms with Gasteiger partial charge < -0.3 is 4.57 Å². The molecule has 256 valence electrons. The topological polar surface area (TPSA) is 4.93 Å². The van der Waals surface area contributed by atoms with E-state index in [1.165, 1.54) is 104 Å². The summed E-state index contributed by atoms with van der Waals surface area (Å²) in [6.07, 6.45) is 0. The van der Waals surface area contributed by atoms with E-state index in [4.69, 9.17) is 0 Å². The molecule has 0 saturated heterocycles. The molecule has 0 aliphatic carbocycles. The van der Waals surface area contributed by atoms with E-state index in [0.717, 1.165) is 0 Å². The molecular weight excluding hydrogens is 663 g/mol. The number of nitrogens with zero attached hydrogens (tertiary/aromatic N) is 1. The summed E-state index contributed by atoms with van der Waals surface area (Å²) in [4.78, 5) is 0. The van der Waals surface area contributed by atoms with Crippen molar-refractivity contribution in [1.82, 2.24) is 4.57 Å². The Hall–Kier alpha value is -7.22. The number of rotatable bonds is 5. The van der Waals surface area contributed by atoms with Crippen LogP contribution in [-0.2, 0) is 0 Å². The van der Waals surface area contributed by atoms with Gasteiger partial charge in [0.15, 0.2) is 0 Å². The van der Waals surface area contributed by atoms with Crippen LogP contribution in [0.1, 0.15) is 0 Å². The van der Waals surface area contributed by atoms with Gasteiger partial charge in [0.05, 0.1) is 11.0 Å². The second-order valence-corrected chi connectivity index (χ2v) is 14.4. The smallest absolute Gasteiger partial charge is 0.0619 e. The number of hydrogen-bond donors (Lipinski definition) is 0. The second kappa shape index (κ2) is 12.7. The summed E-state index contributed by atoms with van der Waals surface area (Å²) in [6.45, 7) is 0. The molecule has 0 spiro atoms. The lowest BCUT2D eigenvalue weighted by Gasteiger charge is -2.19. The molecule has 0 aliphatic heterocycles. The minimum atomic E-state index is 1.17. The molecule has 1 heteroatoms. The maximum atomic E-state index is 2.43. The van der Waals surface area contributed by atoms with Gasteiger partial charge in [0, 0.05) is 21.8 Å². The maximum absolute atomic E-state index is 2.43. The summed E-state index contributed by atoms with van der Waals surface area (Å²) in [5.41, 5.74) is 13.5. The van der Waals surface area contributed by atoms with Gasteiger partial charge in [0.1, 0.15) is 0 Å². The van der Waals surface area contributed by atoms with E-state index in [2.05, 4.69) is 217 Å². The Kier molecular flexibility index (Phi) is 7.25. The van der Waals surface area contributed by atoms with Gasteiger partial charge in [0.25, 0.3) is 0 Å². The first-order valence-corrected chi connectivity index (χ1v) is 19.0. The highest BCUT2D eigenvalue weighted by Crippen LogP contribution is 2.46. The Bertz CT molecular complexity index is 3230. The molecule has 0 bridgehead atoms. The summed E-state index contributed by atoms with van der Waals surface area (Å²) >= 11 is 0. The highest BCUT2D eigenvalue weighted by molar-refractivity contribution is 6.23. The molecule has 10 aromatic carbocycles. The monoisotopic (exact) mass is 697 g/mol. The van der Waals surface area contributed by atoms with Crippen LogP contribution >= 0.6 is 0 Å². The Morgan fingerprint density at radius 3 is 1.44 bits per heavy atom. The maximum Gasteiger partial charge on any atom is 0.0619 e. The average molecular weight is 698 g/mol. The van der Waals surface area contributed by atoms with E-state index in [-0.39, 0.29) is 0 Å². The van der Waals surface area contributed by atoms with Gasteiger partial charge in [-0.3, -0.25) is 0 Å². The molecule has 0 N–H and O–H groups in total. The number of para-hydroxylation sites is 2. The Morgan fingerprint density at radius 1 is 0.255 bits per heavy atom. The lowest BCUT2D eigenvalue weighted by molar-refractivity contribution is 1.19. The molecule has 1 aromatic heterocycles. The van der Waals surface area contributed by atoms with Gasteiger partial charge >= 0.3 is 0 Å². The lowest BCUT2D eigenvalue weighted by atomic mass is 9.84. The Labute approximate surface area is 320 Å². The predicted octanol–water partition coefficient (Wildman–Crippen LogP) is 14.9. The first-order chi connectivity index (χ1) is 27.3. The Morgan fingerprint density at radius 2 is 0.745 bits per heavy atom. The molecule has 1 nitrogen and oxygen atoms in total. The second-order valence-electron chi connectivity index (χ2n) is 14.4. The van der Waals surface area contributed by atoms with E-state index in [1.807, 2.05) is 0 Å². The van der Waals surface area contributed by atoms with Crippen molar-refractivity contribution < 1.29 is 0 Å². The number of hydrogen-bond acceptors (Lipinski definition) is 0. The zero-order chi connectivity index (χ0) is 36.3. The largest absolute Gasteiger partial charge is 0.309 e. The van der Waals surface area contributed by atoms with E-state index in [9.17, 15) is 0 Å². The van der Waals surface area contributed by atoms with Crippen molar-refractivity contribution in [3.05, 3.63) is 212 Å². The SMILES string of the molecule is c1ccc(-c2c3ccccc3c(-c3ccccc3)c3cc(-c4cccc(-c5cc6c7ccccc7n(-c7ccccc7)c6c6ccccc56)c4)ccc23)cc1. The van der Waals surface area contributed by atoms with Crippen LogP contribution in [0.5, 0.6) is 0 Å². The van der Waals surface area contributed by atoms with E-state index >= 15 is 0 Å². The van der Waals surface area contributed by atoms with Crippen molar-refractivity contribution in [2.45, 2.75) is 0 Å². The van der Waals surface area contributed by atoms with Crippen LogP contribution in [0.3, 0.4) is 0 Å². The standard InChI is InChI=1S/C54H35N/c1-4-17-36(18-5-1)52-44-27-11-12-28-45(44)53(37-19-6-2-7-20-37)49-34-39(31-32-46(49)52)38-21-16-22-40(33-38)48-35-50-43-26-14-15-30-51(43)55(41-23-8-3-9-24-41)54(50)47-29-13-10-25-42(47)48/h1-35H. The summed E-state index contributed by atoms with van der Waals surface area (Å²) in [5.74, 6) is 0. The minimum Gasteiger partial charge on any atom is -0.309 e. The first-order valence-electron chi connectivity index (χ1n) is 19.0. The number of benzene rings is 10. The van der Waals surface area contributed by atoms with Crippen molar-refractivity contribution in [3.8, 4) is 50.2 Å². The fourth-order valence-corrected chi connectivity index (χ4v) is 8.96. The predicted molar refractivity (Wildman–Crippen MR) is 235 cm³/mol. The normalized spacial score (nSPS) is 11.6. The van der Waals surface area contributed by atoms with Crippen LogP contribution < -0.4 is 0 Å². The van der Waals surface area contributed by atoms with Crippen LogP contribution in [0.4, 0.5) is 0 Å². The first kappa shape index (κ1) is 31.3. The molecule has 0 unspecified atom stereocenters. The van der Waals surface area contributed by atoms with Crippen molar-refractivity contribution in [1.29, 1.82) is 0 Å². The molecule has 0 saturated carbocycles. The molecular formula is C54H35N. The summed E-state index contributed by atoms with van der Waals surface area (Å²) < 4.78 is 2.43. The fourth-order valence-electron chi connectivity index (χ4n) is 8.96. The van der Waals surface area contributed by atoms with Crippen LogP contribution in [0, 0.1) is 0 Å². The number of fused-ring (bicyclic) bond motifs is 7. The molecule has 0 fully saturated rings. The third kappa shape index (κ3) is 5.01. The molecule has 1 heterocycles. The zero-order valence-electron chi connectivity index (χ0n) is 30.2. The molecule has 55 heavy (non-hydrogen) atoms. The molecule has 0 atom stereocenters. The quantitative estimate of drug-likeness (QED) is 0.158. The van der Waals surface area contributed by atoms with Gasteiger partial charge in [-0.25, -0.2) is 0 Å². The zero-order valence-corrected chi connectivity index (χ0v) is 30.2. The fraction of sp³-hybridized carbons (Fsp3) is 0. The molecule has 0 radical (unpaired) electrons. The van der Waals surface area contributed by atoms with E-state index < -0.39 is 0 Å². The minimum absolute atomic E-state index is 1.17. The molecule has 11 aromatic rings. The van der Waals surface area contributed by atoms with Gasteiger partial charge in [-0.1, -0.05) is 176 Å². The third-order valence-electron chi connectivity index (χ3n) is 11.3. The van der Waals surface area contributed by atoms with Gasteiger partial charge in [0.2, 0.25) is 0 Å². The highest BCUT2D eigenvalue weighted by atomic mass is 15.0. The number of aromatic nitrogens is 1. The van der Waals surface area contributed by atoms with E-state index in [0.29, 0.717) is 0 Å². The highest BCUT2D eigenvalue weighted by Gasteiger charge is 2.20. The average Bonchev–Trinajstić information content (AvgIpc) is 3.60. The third-order valence-corrected chi connectivity index (χ3v) is 11.3. The van der Waals surface area contributed by atoms with E-state index in [1.54, 1.807) is 0 Å². The molecule has 11 rings (SSSR count). The van der Waals surface area contributed by atoms with Crippen molar-refractivity contribution in [2.75, 3.05) is 0 Å². The van der Waals surface area contributed by atoms with Crippen LogP contribution in [0.15, 0.2) is 212 Å². The molecule has 0 aliphatic rings. The van der Waals surface area contributed by atoms with Crippen molar-refractivity contribution in [3.63, 3.8) is 0 Å². The van der Waals surface area contributed by atoms with Gasteiger partial charge in [-0.15, -0.1) is 0 Å². The van der Waals surface area contributed by atoms with Crippen LogP contribution in [0.25, 0.3) is 104 Å². The van der Waals surface area contributed by atoms with Gasteiger partial charge in [-0.2, -0.15) is 0 Å². The van der Waals surface area contributed by atoms with Crippen LogP contribution in [0.2, 0.25) is 0 Å². The van der Waals surface area contributed by atoms with Crippen molar-refractivity contribution >= 4 is 54.1 Å². The Balaban J connectivity index is 1.15. The summed E-state index contributed by atoms with van der Waals surface area (Å²) in [5, 5.41) is 10.1. The van der Waals surface area contributed by atoms with Gasteiger partial charge in [-0.05, 0) is 108 Å². The summed E-state index contributed by atoms with van der Waals surface area (Å²) in [6, 6.07) is 77.7. The lowest BCUT2D eigenvalue weighted by Crippen LogP contribution is -1.94. The van der Waals surface area contributed by atoms with Crippen LogP contribution in [-0.4, -0.2) is 4.57 Å². The summed E-state index contributed by atoms with van der Waals surface area (Å²) in [7, 11) is 0. The van der Waals surface area contributed by atoms with Crippen molar-refractivity contribution in [2.24, 2.45) is 0 Å².